The molecule has 24 heteroatoms. The molecule has 92 heavy (non-hydrogen) atoms. The Morgan fingerprint density at radius 1 is 0.467 bits per heavy atom. The molecule has 0 aliphatic carbocycles. The molecule has 3 saturated heterocycles. The van der Waals surface area contributed by atoms with E-state index in [0.29, 0.717) is 11.3 Å². The normalized spacial score (nSPS) is 25.9. The third kappa shape index (κ3) is 17.2. The molecule has 0 unspecified atom stereocenters. The highest BCUT2D eigenvalue weighted by molar-refractivity contribution is 8.00. The van der Waals surface area contributed by atoms with Crippen LogP contribution >= 0.6 is 11.8 Å². The van der Waals surface area contributed by atoms with Crippen LogP contribution in [0.2, 0.25) is 0 Å². The van der Waals surface area contributed by atoms with Crippen molar-refractivity contribution in [2.75, 3.05) is 20.3 Å². The lowest BCUT2D eigenvalue weighted by Crippen LogP contribution is -2.70. The van der Waals surface area contributed by atoms with Crippen molar-refractivity contribution in [1.82, 2.24) is 4.90 Å². The first-order valence-corrected chi connectivity index (χ1v) is 30.3. The molecule has 23 nitrogen and oxygen atoms in total. The van der Waals surface area contributed by atoms with Crippen LogP contribution in [0.15, 0.2) is 176 Å². The molecule has 6 aromatic carbocycles. The summed E-state index contributed by atoms with van der Waals surface area (Å²) in [4.78, 5) is 113. The van der Waals surface area contributed by atoms with Crippen molar-refractivity contribution in [2.45, 2.75) is 132 Å². The van der Waals surface area contributed by atoms with Gasteiger partial charge in [0.1, 0.15) is 48.5 Å². The molecule has 1 amide bonds. The fourth-order valence-electron chi connectivity index (χ4n) is 10.8. The van der Waals surface area contributed by atoms with Gasteiger partial charge in [-0.25, -0.2) is 19.2 Å². The van der Waals surface area contributed by atoms with E-state index in [-0.39, 0.29) is 34.5 Å². The van der Waals surface area contributed by atoms with Gasteiger partial charge < -0.3 is 71.6 Å². The van der Waals surface area contributed by atoms with Crippen LogP contribution in [-0.4, -0.2) is 163 Å². The average molecular weight is 1280 g/mol. The Morgan fingerprint density at radius 2 is 0.902 bits per heavy atom. The van der Waals surface area contributed by atoms with Crippen LogP contribution < -0.4 is 14.6 Å². The van der Waals surface area contributed by atoms with Gasteiger partial charge in [-0.15, -0.1) is 11.8 Å². The van der Waals surface area contributed by atoms with Gasteiger partial charge >= 0.3 is 41.8 Å². The zero-order chi connectivity index (χ0) is 65.4. The Morgan fingerprint density at radius 3 is 1.40 bits per heavy atom. The summed E-state index contributed by atoms with van der Waals surface area (Å²) < 4.78 is 81.6. The third-order valence-electron chi connectivity index (χ3n) is 15.0. The average Bonchev–Trinajstić information content (AvgIpc) is 0.775. The number of hydrogen-bond acceptors (Lipinski definition) is 23. The number of methoxy groups -OCH3 is 1. The zero-order valence-electron chi connectivity index (χ0n) is 50.9. The maximum Gasteiger partial charge on any atom is 0.338 e. The van der Waals surface area contributed by atoms with Gasteiger partial charge in [0.05, 0.1) is 46.8 Å². The van der Waals surface area contributed by atoms with E-state index in [1.807, 2.05) is 0 Å². The molecule has 0 spiro atoms. The Hall–Kier alpha value is -9.17. The first-order chi connectivity index (χ1) is 44.3. The minimum Gasteiger partial charge on any atom is -0.830 e. The monoisotopic (exact) mass is 1280 g/mol. The second-order valence-electron chi connectivity index (χ2n) is 21.5. The number of carbonyl (C=O) groups is 8. The number of amides is 1. The van der Waals surface area contributed by atoms with Crippen molar-refractivity contribution in [2.24, 2.45) is 0 Å². The number of carbonyl (C=O) groups excluding carboxylic acids is 8. The first-order valence-electron chi connectivity index (χ1n) is 29.4. The lowest BCUT2D eigenvalue weighted by atomic mass is 9.95. The van der Waals surface area contributed by atoms with Crippen LogP contribution in [0.1, 0.15) is 81.6 Å². The van der Waals surface area contributed by atoms with Crippen molar-refractivity contribution < 1.29 is 105 Å². The highest BCUT2D eigenvalue weighted by Crippen LogP contribution is 2.44. The SMILES string of the molecule is COc1ccc(OC[C@H]2O[C@@H]([O-])[C@H](N(Cc3ccccc3)C(C)=O)[C@@H](S[C@@H]3O[C@@H](C)[C@@H](OC(C)=O)[C@@H](OC(C)=O)[C@@H]3OC(C)=O)[C@@H]2O[C@@H]2O[C@H](COC(=O)c3ccccc3)[C@H](OC(=O)c3ccccc3)[C@H](OC(=O)c3ccccc3)[C@H]2OC(=O)c2ccccc2)cc1. The summed E-state index contributed by atoms with van der Waals surface area (Å²) in [6.45, 7) is 4.56. The topological polar surface area (TPSA) is 283 Å². The molecule has 3 aliphatic heterocycles. The maximum atomic E-state index is 15.5. The summed E-state index contributed by atoms with van der Waals surface area (Å²) >= 11 is 0.793. The third-order valence-corrected chi connectivity index (χ3v) is 16.5. The maximum absolute atomic E-state index is 15.5. The molecular formula is C68H68NO22S-. The summed E-state index contributed by atoms with van der Waals surface area (Å²) in [6, 6.07) is 44.5. The predicted octanol–water partition coefficient (Wildman–Crippen LogP) is 6.86. The summed E-state index contributed by atoms with van der Waals surface area (Å²) in [5.74, 6) is -6.35. The number of ether oxygens (including phenoxy) is 13. The van der Waals surface area contributed by atoms with E-state index in [0.717, 1.165) is 32.5 Å². The molecule has 9 rings (SSSR count). The van der Waals surface area contributed by atoms with E-state index >= 15 is 5.11 Å². The van der Waals surface area contributed by atoms with Gasteiger partial charge in [-0.1, -0.05) is 103 Å². The van der Waals surface area contributed by atoms with Crippen LogP contribution in [0.4, 0.5) is 0 Å². The Labute approximate surface area is 534 Å². The van der Waals surface area contributed by atoms with E-state index in [1.165, 1.54) is 74.4 Å². The number of nitrogens with zero attached hydrogens (tertiary/aromatic N) is 1. The van der Waals surface area contributed by atoms with Crippen molar-refractivity contribution in [3.63, 3.8) is 0 Å². The van der Waals surface area contributed by atoms with Crippen molar-refractivity contribution in [1.29, 1.82) is 0 Å². The number of esters is 7. The minimum atomic E-state index is -2.19. The molecule has 3 aliphatic rings. The Balaban J connectivity index is 1.25. The molecule has 3 fully saturated rings. The van der Waals surface area contributed by atoms with E-state index in [9.17, 15) is 38.4 Å². The molecule has 6 aromatic rings. The van der Waals surface area contributed by atoms with Gasteiger partial charge in [0.25, 0.3) is 0 Å². The lowest BCUT2D eigenvalue weighted by Gasteiger charge is -2.55. The Kier molecular flexibility index (Phi) is 23.2. The summed E-state index contributed by atoms with van der Waals surface area (Å²) in [6.07, 6.45) is -20.7. The van der Waals surface area contributed by atoms with Gasteiger partial charge in [-0.3, -0.25) is 19.2 Å². The van der Waals surface area contributed by atoms with E-state index in [2.05, 4.69) is 0 Å². The van der Waals surface area contributed by atoms with Crippen molar-refractivity contribution >= 4 is 59.5 Å². The highest BCUT2D eigenvalue weighted by Gasteiger charge is 2.59. The van der Waals surface area contributed by atoms with Gasteiger partial charge in [-0.2, -0.15) is 0 Å². The van der Waals surface area contributed by atoms with Gasteiger partial charge in [0.2, 0.25) is 5.91 Å². The lowest BCUT2D eigenvalue weighted by molar-refractivity contribution is -0.520. The molecule has 3 heterocycles. The van der Waals surface area contributed by atoms with E-state index in [1.54, 1.807) is 127 Å². The zero-order valence-corrected chi connectivity index (χ0v) is 51.7. The van der Waals surface area contributed by atoms with Crippen molar-refractivity contribution in [3.8, 4) is 11.5 Å². The second-order valence-corrected chi connectivity index (χ2v) is 22.8. The molecule has 0 N–H and O–H groups in total. The molecule has 0 saturated carbocycles. The van der Waals surface area contributed by atoms with Crippen molar-refractivity contribution in [3.05, 3.63) is 204 Å². The number of hydrogen-bond donors (Lipinski definition) is 0. The van der Waals surface area contributed by atoms with Crippen LogP contribution in [0, 0.1) is 0 Å². The van der Waals surface area contributed by atoms with Gasteiger partial charge in [0, 0.05) is 40.5 Å². The predicted molar refractivity (Wildman–Crippen MR) is 323 cm³/mol. The Bertz CT molecular complexity index is 3460. The molecule has 0 radical (unpaired) electrons. The smallest absolute Gasteiger partial charge is 0.338 e. The first kappa shape index (κ1) is 67.2. The van der Waals surface area contributed by atoms with Crippen LogP contribution in [0.3, 0.4) is 0 Å². The summed E-state index contributed by atoms with van der Waals surface area (Å²) in [5, 5.41) is 14.0. The fourth-order valence-corrected chi connectivity index (χ4v) is 12.5. The molecule has 0 aromatic heterocycles. The quantitative estimate of drug-likeness (QED) is 0.0467. The van der Waals surface area contributed by atoms with E-state index in [4.69, 9.17) is 61.6 Å². The van der Waals surface area contributed by atoms with Crippen LogP contribution in [0.25, 0.3) is 0 Å². The molecule has 484 valence electrons. The number of rotatable bonds is 23. The standard InChI is InChI=1S/C68H68NO22S/c1-39-54(83-41(3)71)57(84-42(4)72)60(85-43(5)73)68(82-39)92-61-53(69(40(2)70)36-44-22-12-7-13-23-44)66(78)86-52(37-80-50-34-32-49(79-6)33-35-50)56(61)91-67-59(90-65(77)48-30-20-11-21-31-48)58(89-64(76)47-28-18-10-19-29-47)55(88-63(75)46-26-16-9-17-27-46)51(87-67)38-81-62(74)45-24-14-8-15-25-45/h7-35,39,51-61,66-68H,36-38H2,1-6H3/q-1/t39-,51+,52+,53+,54+,55-,56+,57+,58-,59+,60-,61+,66+,67-,68-/m0/s1. The van der Waals surface area contributed by atoms with Gasteiger partial charge in [-0.05, 0) is 85.3 Å². The molecular weight excluding hydrogens is 1210 g/mol. The second kappa shape index (κ2) is 31.7. The molecule has 0 bridgehead atoms. The summed E-state index contributed by atoms with van der Waals surface area (Å²) in [7, 11) is 1.48. The van der Waals surface area contributed by atoms with Crippen LogP contribution in [-0.2, 0) is 77.8 Å². The largest absolute Gasteiger partial charge is 0.830 e. The van der Waals surface area contributed by atoms with Gasteiger partial charge in [0.15, 0.2) is 42.9 Å². The number of thioether (sulfide) groups is 1. The minimum absolute atomic E-state index is 0.00297. The fraction of sp³-hybridized carbons (Fsp3) is 0.353. The molecule has 15 atom stereocenters. The van der Waals surface area contributed by atoms with E-state index < -0.39 is 151 Å². The van der Waals surface area contributed by atoms with Crippen LogP contribution in [0.5, 0.6) is 11.5 Å². The number of benzene rings is 6. The summed E-state index contributed by atoms with van der Waals surface area (Å²) in [5.41, 5.74) is -0.820. The highest BCUT2D eigenvalue weighted by atomic mass is 32.2.